The van der Waals surface area contributed by atoms with Gasteiger partial charge in [0.05, 0.1) is 11.2 Å². The van der Waals surface area contributed by atoms with Gasteiger partial charge in [0, 0.05) is 13.7 Å². The lowest BCUT2D eigenvalue weighted by atomic mass is 9.92. The molecule has 0 bridgehead atoms. The van der Waals surface area contributed by atoms with Gasteiger partial charge in [-0.05, 0) is 61.1 Å². The van der Waals surface area contributed by atoms with Gasteiger partial charge in [0.15, 0.2) is 0 Å². The van der Waals surface area contributed by atoms with Gasteiger partial charge in [0.25, 0.3) is 0 Å². The largest absolute Gasteiger partial charge is 0.467 e. The van der Waals surface area contributed by atoms with Crippen LogP contribution in [0, 0.1) is 0 Å². The summed E-state index contributed by atoms with van der Waals surface area (Å²) in [5.74, 6) is 0.598. The summed E-state index contributed by atoms with van der Waals surface area (Å²) in [5, 5.41) is 0. The highest BCUT2D eigenvalue weighted by Crippen LogP contribution is 2.24. The minimum absolute atomic E-state index is 0.128. The van der Waals surface area contributed by atoms with Crippen LogP contribution in [0.2, 0.25) is 0 Å². The van der Waals surface area contributed by atoms with E-state index in [1.807, 2.05) is 6.07 Å². The summed E-state index contributed by atoms with van der Waals surface area (Å²) in [6, 6.07) is 8.93. The number of benzene rings is 1. The number of hydrogen-bond acceptors (Lipinski definition) is 4. The second-order valence-electron chi connectivity index (χ2n) is 5.73. The number of aryl methyl sites for hydroxylation is 2. The minimum Gasteiger partial charge on any atom is -0.467 e. The van der Waals surface area contributed by atoms with Crippen molar-refractivity contribution >= 4 is 10.0 Å². The van der Waals surface area contributed by atoms with Crippen LogP contribution in [0.25, 0.3) is 0 Å². The van der Waals surface area contributed by atoms with E-state index in [1.165, 1.54) is 19.1 Å². The van der Waals surface area contributed by atoms with Crippen LogP contribution in [0.1, 0.15) is 35.8 Å². The molecule has 0 saturated heterocycles. The van der Waals surface area contributed by atoms with Crippen LogP contribution in [0.5, 0.6) is 0 Å². The van der Waals surface area contributed by atoms with E-state index < -0.39 is 16.1 Å². The molecule has 124 valence electrons. The predicted molar refractivity (Wildman–Crippen MR) is 86.7 cm³/mol. The molecule has 0 amide bonds. The first-order valence-electron chi connectivity index (χ1n) is 7.78. The van der Waals surface area contributed by atoms with Gasteiger partial charge in [-0.3, -0.25) is 0 Å². The summed E-state index contributed by atoms with van der Waals surface area (Å²) in [6.07, 6.45) is 5.38. The molecular weight excluding hydrogens is 314 g/mol. The molecule has 0 unspecified atom stereocenters. The van der Waals surface area contributed by atoms with Crippen LogP contribution < -0.4 is 4.72 Å². The summed E-state index contributed by atoms with van der Waals surface area (Å²) in [4.78, 5) is 0.312. The van der Waals surface area contributed by atoms with Gasteiger partial charge in [-0.2, -0.15) is 0 Å². The molecule has 0 spiro atoms. The Hall–Kier alpha value is -1.63. The Kier molecular flexibility index (Phi) is 4.84. The van der Waals surface area contributed by atoms with E-state index in [2.05, 4.69) is 4.72 Å². The van der Waals surface area contributed by atoms with Gasteiger partial charge in [-0.1, -0.05) is 6.07 Å². The number of furan rings is 1. The van der Waals surface area contributed by atoms with Crippen LogP contribution in [-0.4, -0.2) is 22.1 Å². The monoisotopic (exact) mass is 335 g/mol. The van der Waals surface area contributed by atoms with Crippen molar-refractivity contribution in [3.63, 3.8) is 0 Å². The standard InChI is InChI=1S/C17H21NO4S/c1-21-17(16-7-4-10-22-16)12-18-23(19,20)15-9-8-13-5-2-3-6-14(13)11-15/h4,7-11,17-18H,2-3,5-6,12H2,1H3/t17-/m1/s1. The number of rotatable bonds is 6. The van der Waals surface area contributed by atoms with Crippen molar-refractivity contribution in [2.75, 3.05) is 13.7 Å². The number of sulfonamides is 1. The normalized spacial score (nSPS) is 16.0. The lowest BCUT2D eigenvalue weighted by Gasteiger charge is -2.18. The Morgan fingerprint density at radius 2 is 2.00 bits per heavy atom. The zero-order valence-corrected chi connectivity index (χ0v) is 13.9. The Balaban J connectivity index is 1.74. The Bertz CT molecular complexity index is 753. The molecule has 5 nitrogen and oxygen atoms in total. The van der Waals surface area contributed by atoms with Crippen molar-refractivity contribution in [3.05, 3.63) is 53.5 Å². The molecule has 1 aromatic carbocycles. The van der Waals surface area contributed by atoms with E-state index in [0.717, 1.165) is 24.8 Å². The highest BCUT2D eigenvalue weighted by molar-refractivity contribution is 7.89. The molecule has 1 aromatic heterocycles. The number of methoxy groups -OCH3 is 1. The number of nitrogens with one attached hydrogen (secondary N) is 1. The second-order valence-corrected chi connectivity index (χ2v) is 7.50. The molecule has 0 radical (unpaired) electrons. The van der Waals surface area contributed by atoms with E-state index in [4.69, 9.17) is 9.15 Å². The summed E-state index contributed by atoms with van der Waals surface area (Å²) in [5.41, 5.74) is 2.41. The topological polar surface area (TPSA) is 68.5 Å². The molecule has 23 heavy (non-hydrogen) atoms. The van der Waals surface area contributed by atoms with E-state index >= 15 is 0 Å². The fourth-order valence-corrected chi connectivity index (χ4v) is 4.00. The molecule has 0 aliphatic heterocycles. The third-order valence-corrected chi connectivity index (χ3v) is 5.66. The maximum absolute atomic E-state index is 12.5. The lowest BCUT2D eigenvalue weighted by molar-refractivity contribution is 0.0878. The summed E-state index contributed by atoms with van der Waals surface area (Å²) in [6.45, 7) is 0.128. The van der Waals surface area contributed by atoms with Crippen LogP contribution in [0.15, 0.2) is 45.9 Å². The van der Waals surface area contributed by atoms with Gasteiger partial charge < -0.3 is 9.15 Å². The maximum atomic E-state index is 12.5. The third kappa shape index (κ3) is 3.65. The first kappa shape index (κ1) is 16.2. The fourth-order valence-electron chi connectivity index (χ4n) is 2.92. The highest BCUT2D eigenvalue weighted by Gasteiger charge is 2.21. The summed E-state index contributed by atoms with van der Waals surface area (Å²) < 4.78 is 38.2. The van der Waals surface area contributed by atoms with Crippen molar-refractivity contribution in [1.82, 2.24) is 4.72 Å². The quantitative estimate of drug-likeness (QED) is 0.881. The van der Waals surface area contributed by atoms with E-state index in [1.54, 1.807) is 30.5 Å². The molecule has 6 heteroatoms. The molecule has 1 heterocycles. The van der Waals surface area contributed by atoms with Crippen LogP contribution in [-0.2, 0) is 27.6 Å². The molecular formula is C17H21NO4S. The number of fused-ring (bicyclic) bond motifs is 1. The first-order valence-corrected chi connectivity index (χ1v) is 9.26. The van der Waals surface area contributed by atoms with Gasteiger partial charge in [-0.25, -0.2) is 13.1 Å². The second kappa shape index (κ2) is 6.86. The van der Waals surface area contributed by atoms with Gasteiger partial charge in [0.2, 0.25) is 10.0 Å². The van der Waals surface area contributed by atoms with Crippen molar-refractivity contribution < 1.29 is 17.6 Å². The lowest BCUT2D eigenvalue weighted by Crippen LogP contribution is -2.29. The van der Waals surface area contributed by atoms with E-state index in [-0.39, 0.29) is 6.54 Å². The average molecular weight is 335 g/mol. The summed E-state index contributed by atoms with van der Waals surface area (Å²) >= 11 is 0. The minimum atomic E-state index is -3.56. The smallest absolute Gasteiger partial charge is 0.240 e. The van der Waals surface area contributed by atoms with Crippen LogP contribution in [0.3, 0.4) is 0 Å². The molecule has 2 aromatic rings. The zero-order chi connectivity index (χ0) is 16.3. The zero-order valence-electron chi connectivity index (χ0n) is 13.1. The Morgan fingerprint density at radius 3 is 2.70 bits per heavy atom. The molecule has 1 aliphatic carbocycles. The van der Waals surface area contributed by atoms with E-state index in [9.17, 15) is 8.42 Å². The highest BCUT2D eigenvalue weighted by atomic mass is 32.2. The maximum Gasteiger partial charge on any atom is 0.240 e. The Morgan fingerprint density at radius 1 is 1.22 bits per heavy atom. The third-order valence-electron chi connectivity index (χ3n) is 4.23. The predicted octanol–water partition coefficient (Wildman–Crippen LogP) is 2.82. The average Bonchev–Trinajstić information content (AvgIpc) is 3.09. The first-order chi connectivity index (χ1) is 11.1. The molecule has 0 saturated carbocycles. The fraction of sp³-hybridized carbons (Fsp3) is 0.412. The van der Waals surface area contributed by atoms with Crippen molar-refractivity contribution in [2.45, 2.75) is 36.7 Å². The Labute approximate surface area is 136 Å². The number of ether oxygens (including phenoxy) is 1. The van der Waals surface area contributed by atoms with Crippen molar-refractivity contribution in [2.24, 2.45) is 0 Å². The van der Waals surface area contributed by atoms with Crippen molar-refractivity contribution in [3.8, 4) is 0 Å². The van der Waals surface area contributed by atoms with Crippen LogP contribution in [0.4, 0.5) is 0 Å². The molecule has 3 rings (SSSR count). The molecule has 1 aliphatic rings. The van der Waals surface area contributed by atoms with Crippen molar-refractivity contribution in [1.29, 1.82) is 0 Å². The van der Waals surface area contributed by atoms with Gasteiger partial charge >= 0.3 is 0 Å². The molecule has 0 fully saturated rings. The molecule has 1 atom stereocenters. The van der Waals surface area contributed by atoms with Crippen LogP contribution >= 0.6 is 0 Å². The molecule has 1 N–H and O–H groups in total. The number of hydrogen-bond donors (Lipinski definition) is 1. The van der Waals surface area contributed by atoms with Gasteiger partial charge in [-0.15, -0.1) is 0 Å². The van der Waals surface area contributed by atoms with E-state index in [0.29, 0.717) is 10.7 Å². The van der Waals surface area contributed by atoms with Gasteiger partial charge in [0.1, 0.15) is 11.9 Å². The SMILES string of the molecule is CO[C@H](CNS(=O)(=O)c1ccc2c(c1)CCCC2)c1ccco1. The summed E-state index contributed by atoms with van der Waals surface area (Å²) in [7, 11) is -2.03.